The zero-order chi connectivity index (χ0) is 19.4. The summed E-state index contributed by atoms with van der Waals surface area (Å²) >= 11 is 1.30. The van der Waals surface area contributed by atoms with Crippen molar-refractivity contribution >= 4 is 23.6 Å². The van der Waals surface area contributed by atoms with Gasteiger partial charge < -0.3 is 19.9 Å². The molecular formula is C18H23N5O3S. The molecular weight excluding hydrogens is 366 g/mol. The number of nitrogens with zero attached hydrogens (tertiary/aromatic N) is 4. The fourth-order valence-corrected chi connectivity index (χ4v) is 4.04. The first-order valence-corrected chi connectivity index (χ1v) is 9.76. The molecule has 1 saturated heterocycles. The van der Waals surface area contributed by atoms with E-state index < -0.39 is 11.9 Å². The third kappa shape index (κ3) is 4.08. The Balaban J connectivity index is 1.71. The lowest BCUT2D eigenvalue weighted by Crippen LogP contribution is -2.51. The number of para-hydroxylation sites is 1. The number of hydrogen-bond donors (Lipinski definition) is 1. The van der Waals surface area contributed by atoms with Crippen LogP contribution in [0, 0.1) is 0 Å². The maximum Gasteiger partial charge on any atom is 0.240 e. The van der Waals surface area contributed by atoms with Gasteiger partial charge in [-0.25, -0.2) is 0 Å². The van der Waals surface area contributed by atoms with Crippen LogP contribution >= 0.6 is 11.8 Å². The van der Waals surface area contributed by atoms with Crippen molar-refractivity contribution in [3.05, 3.63) is 24.3 Å². The molecule has 0 unspecified atom stereocenters. The monoisotopic (exact) mass is 389 g/mol. The molecule has 0 spiro atoms. The highest BCUT2D eigenvalue weighted by molar-refractivity contribution is 7.99. The highest BCUT2D eigenvalue weighted by Gasteiger charge is 2.30. The van der Waals surface area contributed by atoms with Gasteiger partial charge in [0.15, 0.2) is 11.0 Å². The van der Waals surface area contributed by atoms with Crippen LogP contribution in [0.2, 0.25) is 0 Å². The van der Waals surface area contributed by atoms with Crippen LogP contribution in [0.3, 0.4) is 0 Å². The maximum atomic E-state index is 12.6. The smallest absolute Gasteiger partial charge is 0.240 e. The van der Waals surface area contributed by atoms with Crippen LogP contribution in [-0.4, -0.2) is 56.9 Å². The molecule has 0 aliphatic carbocycles. The third-order valence-corrected chi connectivity index (χ3v) is 5.66. The van der Waals surface area contributed by atoms with Crippen molar-refractivity contribution in [1.29, 1.82) is 0 Å². The zero-order valence-corrected chi connectivity index (χ0v) is 16.2. The van der Waals surface area contributed by atoms with E-state index in [-0.39, 0.29) is 11.7 Å². The standard InChI is InChI=1S/C18H23N5O3S/c1-22-17(12-7-3-4-9-14(12)26-2)20-21-18(22)27-11-15(24)23-10-6-5-8-13(23)16(19)25/h3-4,7,9,13H,5-6,8,10-11H2,1-2H3,(H2,19,25)/t13-/m0/s1. The normalized spacial score (nSPS) is 17.0. The number of thioether (sulfide) groups is 1. The molecule has 1 aliphatic heterocycles. The first-order chi connectivity index (χ1) is 13.0. The number of ether oxygens (including phenoxy) is 1. The van der Waals surface area contributed by atoms with Crippen LogP contribution in [0.5, 0.6) is 5.75 Å². The first-order valence-electron chi connectivity index (χ1n) is 8.77. The lowest BCUT2D eigenvalue weighted by molar-refractivity contribution is -0.138. The highest BCUT2D eigenvalue weighted by atomic mass is 32.2. The van der Waals surface area contributed by atoms with Gasteiger partial charge >= 0.3 is 0 Å². The molecule has 1 aromatic carbocycles. The minimum absolute atomic E-state index is 0.106. The van der Waals surface area contributed by atoms with Crippen molar-refractivity contribution in [1.82, 2.24) is 19.7 Å². The van der Waals surface area contributed by atoms with Gasteiger partial charge in [0.2, 0.25) is 11.8 Å². The Kier molecular flexibility index (Phi) is 6.00. The molecule has 3 rings (SSSR count). The second-order valence-electron chi connectivity index (χ2n) is 6.36. The van der Waals surface area contributed by atoms with E-state index in [4.69, 9.17) is 10.5 Å². The van der Waals surface area contributed by atoms with Crippen molar-refractivity contribution < 1.29 is 14.3 Å². The predicted molar refractivity (Wildman–Crippen MR) is 102 cm³/mol. The Morgan fingerprint density at radius 2 is 2.07 bits per heavy atom. The number of benzene rings is 1. The second-order valence-corrected chi connectivity index (χ2v) is 7.30. The minimum atomic E-state index is -0.504. The molecule has 1 aliphatic rings. The van der Waals surface area contributed by atoms with E-state index in [0.717, 1.165) is 18.4 Å². The molecule has 2 amide bonds. The summed E-state index contributed by atoms with van der Waals surface area (Å²) in [6.45, 7) is 0.568. The summed E-state index contributed by atoms with van der Waals surface area (Å²) in [5.74, 6) is 1.01. The molecule has 1 aromatic heterocycles. The number of hydrogen-bond acceptors (Lipinski definition) is 6. The summed E-state index contributed by atoms with van der Waals surface area (Å²) in [6, 6.07) is 7.06. The number of amides is 2. The van der Waals surface area contributed by atoms with Crippen molar-refractivity contribution in [3.8, 4) is 17.1 Å². The molecule has 0 saturated carbocycles. The molecule has 27 heavy (non-hydrogen) atoms. The SMILES string of the molecule is COc1ccccc1-c1nnc(SCC(=O)N2CCCC[C@H]2C(N)=O)n1C. The summed E-state index contributed by atoms with van der Waals surface area (Å²) in [7, 11) is 3.46. The number of rotatable bonds is 6. The number of likely N-dealkylation sites (tertiary alicyclic amines) is 1. The van der Waals surface area contributed by atoms with Crippen LogP contribution in [-0.2, 0) is 16.6 Å². The topological polar surface area (TPSA) is 103 Å². The Labute approximate surface area is 162 Å². The lowest BCUT2D eigenvalue weighted by Gasteiger charge is -2.33. The van der Waals surface area contributed by atoms with Gasteiger partial charge in [0.25, 0.3) is 0 Å². The Morgan fingerprint density at radius 1 is 1.30 bits per heavy atom. The van der Waals surface area contributed by atoms with Crippen LogP contribution in [0.25, 0.3) is 11.4 Å². The van der Waals surface area contributed by atoms with Gasteiger partial charge in [-0.3, -0.25) is 9.59 Å². The number of primary amides is 1. The maximum absolute atomic E-state index is 12.6. The van der Waals surface area contributed by atoms with E-state index in [0.29, 0.717) is 29.7 Å². The quantitative estimate of drug-likeness (QED) is 0.750. The van der Waals surface area contributed by atoms with Crippen LogP contribution < -0.4 is 10.5 Å². The second kappa shape index (κ2) is 8.43. The van der Waals surface area contributed by atoms with Gasteiger partial charge in [-0.05, 0) is 31.4 Å². The average Bonchev–Trinajstić information content (AvgIpc) is 3.06. The Bertz CT molecular complexity index is 838. The molecule has 0 radical (unpaired) electrons. The van der Waals surface area contributed by atoms with E-state index in [2.05, 4.69) is 10.2 Å². The number of carbonyl (C=O) groups is 2. The van der Waals surface area contributed by atoms with E-state index in [1.165, 1.54) is 11.8 Å². The van der Waals surface area contributed by atoms with E-state index in [1.807, 2.05) is 35.9 Å². The third-order valence-electron chi connectivity index (χ3n) is 4.66. The molecule has 2 heterocycles. The fraction of sp³-hybridized carbons (Fsp3) is 0.444. The molecule has 8 nitrogen and oxygen atoms in total. The summed E-state index contributed by atoms with van der Waals surface area (Å²) in [5, 5.41) is 9.06. The van der Waals surface area contributed by atoms with Crippen molar-refractivity contribution in [3.63, 3.8) is 0 Å². The van der Waals surface area contributed by atoms with Crippen molar-refractivity contribution in [2.75, 3.05) is 19.4 Å². The summed E-state index contributed by atoms with van der Waals surface area (Å²) in [4.78, 5) is 25.8. The van der Waals surface area contributed by atoms with E-state index in [9.17, 15) is 9.59 Å². The molecule has 144 valence electrons. The van der Waals surface area contributed by atoms with Crippen LogP contribution in [0.15, 0.2) is 29.4 Å². The molecule has 2 aromatic rings. The fourth-order valence-electron chi connectivity index (χ4n) is 3.24. The van der Waals surface area contributed by atoms with Gasteiger partial charge in [0, 0.05) is 13.6 Å². The Morgan fingerprint density at radius 3 is 2.81 bits per heavy atom. The average molecular weight is 389 g/mol. The number of methoxy groups -OCH3 is 1. The summed E-state index contributed by atoms with van der Waals surface area (Å²) in [5.41, 5.74) is 6.28. The Hall–Kier alpha value is -2.55. The highest BCUT2D eigenvalue weighted by Crippen LogP contribution is 2.30. The van der Waals surface area contributed by atoms with E-state index in [1.54, 1.807) is 12.0 Å². The van der Waals surface area contributed by atoms with Gasteiger partial charge in [-0.15, -0.1) is 10.2 Å². The molecule has 1 atom stereocenters. The van der Waals surface area contributed by atoms with E-state index >= 15 is 0 Å². The molecule has 0 bridgehead atoms. The minimum Gasteiger partial charge on any atom is -0.496 e. The number of carbonyl (C=O) groups excluding carboxylic acids is 2. The lowest BCUT2D eigenvalue weighted by atomic mass is 10.0. The summed E-state index contributed by atoms with van der Waals surface area (Å²) in [6.07, 6.45) is 2.44. The van der Waals surface area contributed by atoms with Gasteiger partial charge in [-0.1, -0.05) is 23.9 Å². The van der Waals surface area contributed by atoms with Crippen molar-refractivity contribution in [2.24, 2.45) is 12.8 Å². The number of piperidine rings is 1. The molecule has 2 N–H and O–H groups in total. The molecule has 1 fully saturated rings. The van der Waals surface area contributed by atoms with Gasteiger partial charge in [0.1, 0.15) is 11.8 Å². The predicted octanol–water partition coefficient (Wildman–Crippen LogP) is 1.45. The zero-order valence-electron chi connectivity index (χ0n) is 15.4. The molecule has 9 heteroatoms. The first kappa shape index (κ1) is 19.2. The van der Waals surface area contributed by atoms with Crippen LogP contribution in [0.4, 0.5) is 0 Å². The number of nitrogens with two attached hydrogens (primary N) is 1. The number of aromatic nitrogens is 3. The van der Waals surface area contributed by atoms with Crippen LogP contribution in [0.1, 0.15) is 19.3 Å². The van der Waals surface area contributed by atoms with Gasteiger partial charge in [-0.2, -0.15) is 0 Å². The van der Waals surface area contributed by atoms with Gasteiger partial charge in [0.05, 0.1) is 18.4 Å². The van der Waals surface area contributed by atoms with Crippen molar-refractivity contribution in [2.45, 2.75) is 30.5 Å². The largest absolute Gasteiger partial charge is 0.496 e. The summed E-state index contributed by atoms with van der Waals surface area (Å²) < 4.78 is 7.21.